The fraction of sp³-hybridized carbons (Fsp3) is 0.950. The van der Waals surface area contributed by atoms with E-state index in [1.807, 2.05) is 13.8 Å². The third kappa shape index (κ3) is 18.3. The number of halogens is 1. The van der Waals surface area contributed by atoms with Crippen molar-refractivity contribution in [2.24, 2.45) is 11.1 Å². The van der Waals surface area contributed by atoms with Gasteiger partial charge in [0.15, 0.2) is 0 Å². The van der Waals surface area contributed by atoms with Gasteiger partial charge in [-0.05, 0) is 6.42 Å². The fourth-order valence-corrected chi connectivity index (χ4v) is 2.88. The Hall–Kier alpha value is -0.0900. The molecule has 0 aliphatic heterocycles. The van der Waals surface area contributed by atoms with Gasteiger partial charge in [0, 0.05) is 5.41 Å². The first-order valence-electron chi connectivity index (χ1n) is 9.80. The summed E-state index contributed by atoms with van der Waals surface area (Å²) in [7, 11) is 0. The molecule has 0 aromatic rings. The SMILES string of the molecule is Br.CCCCCCCCCCCCCCCCC(C)(C)C(N)=O.N. The first kappa shape index (κ1) is 28.7. The largest absolute Gasteiger partial charge is 0.369 e. The van der Waals surface area contributed by atoms with Crippen LogP contribution in [0.25, 0.3) is 0 Å². The molecule has 0 rings (SSSR count). The summed E-state index contributed by atoms with van der Waals surface area (Å²) >= 11 is 0. The monoisotopic (exact) mass is 408 g/mol. The molecule has 0 aliphatic rings. The quantitative estimate of drug-likeness (QED) is 0.266. The zero-order valence-electron chi connectivity index (χ0n) is 16.7. The number of rotatable bonds is 16. The lowest BCUT2D eigenvalue weighted by Crippen LogP contribution is -2.31. The first-order chi connectivity index (χ1) is 10.5. The van der Waals surface area contributed by atoms with Gasteiger partial charge in [0.25, 0.3) is 0 Å². The molecule has 24 heavy (non-hydrogen) atoms. The highest BCUT2D eigenvalue weighted by molar-refractivity contribution is 8.93. The Labute approximate surface area is 162 Å². The normalized spacial score (nSPS) is 10.8. The average molecular weight is 409 g/mol. The van der Waals surface area contributed by atoms with E-state index in [0.29, 0.717) is 0 Å². The van der Waals surface area contributed by atoms with Crippen LogP contribution in [0.4, 0.5) is 0 Å². The van der Waals surface area contributed by atoms with Crippen molar-refractivity contribution < 1.29 is 4.79 Å². The van der Waals surface area contributed by atoms with Crippen molar-refractivity contribution in [1.82, 2.24) is 6.15 Å². The smallest absolute Gasteiger partial charge is 0.223 e. The molecule has 0 aromatic heterocycles. The Morgan fingerprint density at radius 3 is 1.29 bits per heavy atom. The second-order valence-corrected chi connectivity index (χ2v) is 7.59. The molecule has 0 aliphatic carbocycles. The van der Waals surface area contributed by atoms with Gasteiger partial charge in [-0.2, -0.15) is 0 Å². The molecule has 148 valence electrons. The molecule has 4 heteroatoms. The maximum atomic E-state index is 11.2. The third-order valence-electron chi connectivity index (χ3n) is 4.82. The number of unbranched alkanes of at least 4 members (excludes halogenated alkanes) is 13. The second kappa shape index (κ2) is 19.2. The molecule has 0 bridgehead atoms. The number of nitrogens with two attached hydrogens (primary N) is 1. The van der Waals surface area contributed by atoms with E-state index < -0.39 is 0 Å². The molecule has 0 saturated heterocycles. The van der Waals surface area contributed by atoms with Crippen LogP contribution in [-0.4, -0.2) is 5.91 Å². The number of primary amides is 1. The van der Waals surface area contributed by atoms with Gasteiger partial charge in [-0.1, -0.05) is 111 Å². The van der Waals surface area contributed by atoms with Gasteiger partial charge < -0.3 is 11.9 Å². The predicted molar refractivity (Wildman–Crippen MR) is 113 cm³/mol. The second-order valence-electron chi connectivity index (χ2n) is 7.59. The standard InChI is InChI=1S/C20H41NO.BrH.H3N/c1-4-5-6-7-8-9-10-11-12-13-14-15-16-17-18-20(2,3)19(21)22;;/h4-18H2,1-3H3,(H2,21,22);1H;1H3. The molecular weight excluding hydrogens is 364 g/mol. The molecule has 0 radical (unpaired) electrons. The summed E-state index contributed by atoms with van der Waals surface area (Å²) in [6, 6.07) is 0. The Kier molecular flexibility index (Phi) is 23.0. The highest BCUT2D eigenvalue weighted by atomic mass is 79.9. The maximum absolute atomic E-state index is 11.2. The van der Waals surface area contributed by atoms with Crippen molar-refractivity contribution in [3.8, 4) is 0 Å². The van der Waals surface area contributed by atoms with Crippen LogP contribution in [0.3, 0.4) is 0 Å². The van der Waals surface area contributed by atoms with Crippen molar-refractivity contribution in [3.63, 3.8) is 0 Å². The number of hydrogen-bond donors (Lipinski definition) is 2. The van der Waals surface area contributed by atoms with Gasteiger partial charge in [0.05, 0.1) is 0 Å². The highest BCUT2D eigenvalue weighted by Crippen LogP contribution is 2.23. The van der Waals surface area contributed by atoms with Crippen molar-refractivity contribution >= 4 is 22.9 Å². The van der Waals surface area contributed by atoms with Crippen LogP contribution in [0.15, 0.2) is 0 Å². The summed E-state index contributed by atoms with van der Waals surface area (Å²) in [5, 5.41) is 0. The zero-order chi connectivity index (χ0) is 16.7. The van der Waals surface area contributed by atoms with Crippen LogP contribution in [0.2, 0.25) is 0 Å². The van der Waals surface area contributed by atoms with Gasteiger partial charge in [0.2, 0.25) is 5.91 Å². The van der Waals surface area contributed by atoms with Crippen LogP contribution in [-0.2, 0) is 4.79 Å². The van der Waals surface area contributed by atoms with Crippen LogP contribution >= 0.6 is 17.0 Å². The molecule has 0 heterocycles. The van der Waals surface area contributed by atoms with Crippen LogP contribution in [0.5, 0.6) is 0 Å². The third-order valence-corrected chi connectivity index (χ3v) is 4.82. The van der Waals surface area contributed by atoms with Crippen LogP contribution in [0.1, 0.15) is 117 Å². The highest BCUT2D eigenvalue weighted by Gasteiger charge is 2.23. The van der Waals surface area contributed by atoms with E-state index in [2.05, 4.69) is 6.92 Å². The zero-order valence-corrected chi connectivity index (χ0v) is 18.4. The van der Waals surface area contributed by atoms with Crippen LogP contribution in [0, 0.1) is 5.41 Å². The summed E-state index contributed by atoms with van der Waals surface area (Å²) in [6.07, 6.45) is 20.1. The Morgan fingerprint density at radius 1 is 0.708 bits per heavy atom. The lowest BCUT2D eigenvalue weighted by molar-refractivity contribution is -0.126. The van der Waals surface area contributed by atoms with Crippen molar-refractivity contribution in [1.29, 1.82) is 0 Å². The molecule has 0 spiro atoms. The van der Waals surface area contributed by atoms with E-state index >= 15 is 0 Å². The van der Waals surface area contributed by atoms with Gasteiger partial charge in [-0.15, -0.1) is 17.0 Å². The van der Waals surface area contributed by atoms with Gasteiger partial charge in [-0.3, -0.25) is 4.79 Å². The lowest BCUT2D eigenvalue weighted by Gasteiger charge is -2.19. The van der Waals surface area contributed by atoms with Crippen molar-refractivity contribution in [3.05, 3.63) is 0 Å². The molecule has 1 amide bonds. The Bertz CT molecular complexity index is 270. The van der Waals surface area contributed by atoms with Crippen molar-refractivity contribution in [2.75, 3.05) is 0 Å². The van der Waals surface area contributed by atoms with Gasteiger partial charge in [0.1, 0.15) is 0 Å². The minimum atomic E-state index is -0.322. The maximum Gasteiger partial charge on any atom is 0.223 e. The van der Waals surface area contributed by atoms with E-state index in [1.165, 1.54) is 83.5 Å². The molecule has 0 fully saturated rings. The minimum absolute atomic E-state index is 0. The van der Waals surface area contributed by atoms with E-state index in [1.54, 1.807) is 0 Å². The molecule has 3 nitrogen and oxygen atoms in total. The summed E-state index contributed by atoms with van der Waals surface area (Å²) in [4.78, 5) is 11.2. The number of amides is 1. The van der Waals surface area contributed by atoms with E-state index in [-0.39, 0.29) is 34.5 Å². The van der Waals surface area contributed by atoms with Gasteiger partial charge in [-0.25, -0.2) is 0 Å². The number of hydrogen-bond acceptors (Lipinski definition) is 2. The minimum Gasteiger partial charge on any atom is -0.369 e. The molecule has 5 N–H and O–H groups in total. The topological polar surface area (TPSA) is 78.1 Å². The summed E-state index contributed by atoms with van der Waals surface area (Å²) in [5.41, 5.74) is 5.06. The molecule has 0 unspecified atom stereocenters. The summed E-state index contributed by atoms with van der Waals surface area (Å²) < 4.78 is 0. The van der Waals surface area contributed by atoms with Crippen LogP contribution < -0.4 is 11.9 Å². The van der Waals surface area contributed by atoms with E-state index in [9.17, 15) is 4.79 Å². The molecule has 0 aromatic carbocycles. The number of carbonyl (C=O) groups is 1. The number of carbonyl (C=O) groups excluding carboxylic acids is 1. The molecular formula is C20H45BrN2O. The van der Waals surface area contributed by atoms with E-state index in [0.717, 1.165) is 12.8 Å². The average Bonchev–Trinajstić information content (AvgIpc) is 2.47. The Balaban J connectivity index is -0.00000220. The van der Waals surface area contributed by atoms with E-state index in [4.69, 9.17) is 5.73 Å². The molecule has 0 atom stereocenters. The Morgan fingerprint density at radius 2 is 1.00 bits per heavy atom. The van der Waals surface area contributed by atoms with Gasteiger partial charge >= 0.3 is 0 Å². The lowest BCUT2D eigenvalue weighted by atomic mass is 9.86. The summed E-state index contributed by atoms with van der Waals surface area (Å²) in [5.74, 6) is -0.165. The fourth-order valence-electron chi connectivity index (χ4n) is 2.88. The first-order valence-corrected chi connectivity index (χ1v) is 9.80. The summed E-state index contributed by atoms with van der Waals surface area (Å²) in [6.45, 7) is 6.19. The molecule has 0 saturated carbocycles. The van der Waals surface area contributed by atoms with Crippen molar-refractivity contribution in [2.45, 2.75) is 117 Å². The predicted octanol–water partition coefficient (Wildman–Crippen LogP) is 7.11.